The van der Waals surface area contributed by atoms with Gasteiger partial charge in [-0.15, -0.1) is 0 Å². The SMILES string of the molecule is Cc1cnc(Oc2ccc3nc(C(=O)NC4(C)CCS(=O)(=O)CC4)c(C)n3c2)c(OCC(F)(F)F)n1. The lowest BCUT2D eigenvalue weighted by Gasteiger charge is -2.34. The van der Waals surface area contributed by atoms with E-state index in [1.165, 1.54) is 18.5 Å². The van der Waals surface area contributed by atoms with Gasteiger partial charge in [0.1, 0.15) is 26.9 Å². The van der Waals surface area contributed by atoms with Crippen molar-refractivity contribution in [2.45, 2.75) is 45.3 Å². The maximum atomic E-state index is 13.0. The fourth-order valence-corrected chi connectivity index (χ4v) is 5.46. The van der Waals surface area contributed by atoms with Crippen LogP contribution in [0.4, 0.5) is 13.2 Å². The third-order valence-electron chi connectivity index (χ3n) is 5.81. The lowest BCUT2D eigenvalue weighted by molar-refractivity contribution is -0.154. The van der Waals surface area contributed by atoms with Crippen molar-refractivity contribution in [3.8, 4) is 17.5 Å². The number of nitrogens with one attached hydrogen (secondary N) is 1. The number of hydrogen-bond donors (Lipinski definition) is 1. The van der Waals surface area contributed by atoms with E-state index < -0.39 is 39.9 Å². The molecule has 0 unspecified atom stereocenters. The first-order valence-electron chi connectivity index (χ1n) is 11.0. The Morgan fingerprint density at radius 2 is 1.86 bits per heavy atom. The van der Waals surface area contributed by atoms with Crippen LogP contribution in [0.5, 0.6) is 17.5 Å². The number of alkyl halides is 3. The largest absolute Gasteiger partial charge is 0.464 e. The van der Waals surface area contributed by atoms with Crippen molar-refractivity contribution in [1.29, 1.82) is 0 Å². The second-order valence-electron chi connectivity index (χ2n) is 8.93. The number of fused-ring (bicyclic) bond motifs is 1. The first kappa shape index (κ1) is 25.7. The van der Waals surface area contributed by atoms with Crippen LogP contribution in [0.2, 0.25) is 0 Å². The molecule has 1 aliphatic rings. The first-order valence-corrected chi connectivity index (χ1v) is 12.8. The topological polar surface area (TPSA) is 125 Å². The minimum atomic E-state index is -4.56. The Morgan fingerprint density at radius 3 is 2.53 bits per heavy atom. The summed E-state index contributed by atoms with van der Waals surface area (Å²) in [6.07, 6.45) is -1.10. The summed E-state index contributed by atoms with van der Waals surface area (Å²) < 4.78 is 73.3. The zero-order valence-corrected chi connectivity index (χ0v) is 20.5. The molecule has 0 saturated carbocycles. The van der Waals surface area contributed by atoms with E-state index in [1.807, 2.05) is 0 Å². The van der Waals surface area contributed by atoms with E-state index in [0.717, 1.165) is 0 Å². The number of carbonyl (C=O) groups excluding carboxylic acids is 1. The molecule has 3 aromatic rings. The molecule has 0 aliphatic carbocycles. The van der Waals surface area contributed by atoms with Crippen LogP contribution in [0.1, 0.15) is 41.6 Å². The molecule has 10 nitrogen and oxygen atoms in total. The monoisotopic (exact) mass is 527 g/mol. The van der Waals surface area contributed by atoms with Crippen LogP contribution in [0.15, 0.2) is 24.5 Å². The van der Waals surface area contributed by atoms with Gasteiger partial charge in [-0.05, 0) is 45.7 Å². The molecule has 3 aromatic heterocycles. The number of rotatable bonds is 6. The standard InChI is InChI=1S/C22H24F3N5O5S/c1-13-10-26-19(20(27-13)34-12-22(23,24)25)35-15-4-5-16-28-17(14(2)30(16)11-15)18(31)29-21(3)6-8-36(32,33)9-7-21/h4-5,10-11H,6-9,12H2,1-3H3,(H,29,31). The van der Waals surface area contributed by atoms with E-state index in [4.69, 9.17) is 9.47 Å². The first-order chi connectivity index (χ1) is 16.7. The second-order valence-corrected chi connectivity index (χ2v) is 11.2. The smallest absolute Gasteiger partial charge is 0.422 e. The Hall–Kier alpha value is -3.42. The molecule has 4 heterocycles. The highest BCUT2D eigenvalue weighted by molar-refractivity contribution is 7.91. The van der Waals surface area contributed by atoms with Crippen LogP contribution in [0.3, 0.4) is 0 Å². The van der Waals surface area contributed by atoms with Gasteiger partial charge in [-0.1, -0.05) is 0 Å². The Kier molecular flexibility index (Phi) is 6.58. The highest BCUT2D eigenvalue weighted by atomic mass is 32.2. The van der Waals surface area contributed by atoms with Gasteiger partial charge in [0.2, 0.25) is 0 Å². The van der Waals surface area contributed by atoms with Crippen LogP contribution in [0.25, 0.3) is 5.65 Å². The molecule has 4 rings (SSSR count). The van der Waals surface area contributed by atoms with Gasteiger partial charge in [0.05, 0.1) is 35.3 Å². The Bertz CT molecular complexity index is 1410. The summed E-state index contributed by atoms with van der Waals surface area (Å²) >= 11 is 0. The number of aromatic nitrogens is 4. The fourth-order valence-electron chi connectivity index (χ4n) is 3.74. The van der Waals surface area contributed by atoms with Crippen molar-refractivity contribution in [1.82, 2.24) is 24.7 Å². The van der Waals surface area contributed by atoms with Crippen LogP contribution in [-0.4, -0.2) is 63.5 Å². The number of aryl methyl sites for hydroxylation is 2. The van der Waals surface area contributed by atoms with Gasteiger partial charge in [-0.3, -0.25) is 9.20 Å². The molecule has 0 atom stereocenters. The summed E-state index contributed by atoms with van der Waals surface area (Å²) in [6, 6.07) is 3.09. The molecule has 1 fully saturated rings. The summed E-state index contributed by atoms with van der Waals surface area (Å²) in [7, 11) is -3.09. The van der Waals surface area contributed by atoms with E-state index in [2.05, 4.69) is 20.3 Å². The molecule has 194 valence electrons. The third-order valence-corrected chi connectivity index (χ3v) is 7.46. The number of hydrogen-bond acceptors (Lipinski definition) is 8. The summed E-state index contributed by atoms with van der Waals surface area (Å²) in [6.45, 7) is 3.48. The fraction of sp³-hybridized carbons (Fsp3) is 0.455. The van der Waals surface area contributed by atoms with E-state index >= 15 is 0 Å². The van der Waals surface area contributed by atoms with E-state index in [1.54, 1.807) is 31.2 Å². The van der Waals surface area contributed by atoms with Gasteiger partial charge in [0.15, 0.2) is 6.61 Å². The Balaban J connectivity index is 1.55. The Morgan fingerprint density at radius 1 is 1.17 bits per heavy atom. The van der Waals surface area contributed by atoms with Crippen LogP contribution < -0.4 is 14.8 Å². The number of sulfone groups is 1. The minimum absolute atomic E-state index is 0.00516. The molecule has 0 radical (unpaired) electrons. The number of amides is 1. The zero-order chi connectivity index (χ0) is 26.3. The molecule has 14 heteroatoms. The normalized spacial score (nSPS) is 17.1. The second kappa shape index (κ2) is 9.22. The molecular weight excluding hydrogens is 503 g/mol. The van der Waals surface area contributed by atoms with Crippen molar-refractivity contribution < 1.29 is 35.9 Å². The molecule has 0 bridgehead atoms. The molecular formula is C22H24F3N5O5S. The molecule has 1 N–H and O–H groups in total. The predicted molar refractivity (Wildman–Crippen MR) is 122 cm³/mol. The number of pyridine rings is 1. The highest BCUT2D eigenvalue weighted by Gasteiger charge is 2.35. The molecule has 1 aliphatic heterocycles. The van der Waals surface area contributed by atoms with Crippen molar-refractivity contribution in [2.24, 2.45) is 0 Å². The lowest BCUT2D eigenvalue weighted by Crippen LogP contribution is -2.51. The van der Waals surface area contributed by atoms with Crippen molar-refractivity contribution in [2.75, 3.05) is 18.1 Å². The van der Waals surface area contributed by atoms with Crippen LogP contribution in [0, 0.1) is 13.8 Å². The van der Waals surface area contributed by atoms with Gasteiger partial charge in [0, 0.05) is 5.54 Å². The highest BCUT2D eigenvalue weighted by Crippen LogP contribution is 2.30. The summed E-state index contributed by atoms with van der Waals surface area (Å²) in [5.41, 5.74) is 0.760. The van der Waals surface area contributed by atoms with Gasteiger partial charge >= 0.3 is 6.18 Å². The van der Waals surface area contributed by atoms with Crippen LogP contribution in [-0.2, 0) is 9.84 Å². The molecule has 0 spiro atoms. The van der Waals surface area contributed by atoms with Crippen molar-refractivity contribution >= 4 is 21.4 Å². The number of halogens is 3. The predicted octanol–water partition coefficient (Wildman–Crippen LogP) is 3.17. The number of nitrogens with zero attached hydrogens (tertiary/aromatic N) is 4. The molecule has 0 aromatic carbocycles. The summed E-state index contributed by atoms with van der Waals surface area (Å²) in [5.74, 6) is -0.879. The zero-order valence-electron chi connectivity index (χ0n) is 19.7. The number of carbonyl (C=O) groups is 1. The molecule has 36 heavy (non-hydrogen) atoms. The van der Waals surface area contributed by atoms with Crippen molar-refractivity contribution in [3.05, 3.63) is 41.6 Å². The number of imidazole rings is 1. The van der Waals surface area contributed by atoms with Crippen molar-refractivity contribution in [3.63, 3.8) is 0 Å². The number of ether oxygens (including phenoxy) is 2. The van der Waals surface area contributed by atoms with Gasteiger partial charge in [0.25, 0.3) is 17.7 Å². The van der Waals surface area contributed by atoms with Gasteiger partial charge < -0.3 is 14.8 Å². The Labute approximate surface area is 204 Å². The van der Waals surface area contributed by atoms with Gasteiger partial charge in [-0.2, -0.15) is 13.2 Å². The van der Waals surface area contributed by atoms with E-state index in [9.17, 15) is 26.4 Å². The van der Waals surface area contributed by atoms with Crippen LogP contribution >= 0.6 is 0 Å². The van der Waals surface area contributed by atoms with E-state index in [-0.39, 0.29) is 28.8 Å². The lowest BCUT2D eigenvalue weighted by atomic mass is 9.94. The average Bonchev–Trinajstić information content (AvgIpc) is 3.12. The molecule has 1 saturated heterocycles. The third kappa shape index (κ3) is 5.86. The summed E-state index contributed by atoms with van der Waals surface area (Å²) in [4.78, 5) is 25.3. The minimum Gasteiger partial charge on any atom is -0.464 e. The maximum Gasteiger partial charge on any atom is 0.422 e. The summed E-state index contributed by atoms with van der Waals surface area (Å²) in [5, 5.41) is 2.91. The van der Waals surface area contributed by atoms with E-state index in [0.29, 0.717) is 29.9 Å². The molecule has 1 amide bonds. The average molecular weight is 528 g/mol. The quantitative estimate of drug-likeness (QED) is 0.518. The van der Waals surface area contributed by atoms with Gasteiger partial charge in [-0.25, -0.2) is 23.4 Å². The maximum absolute atomic E-state index is 13.0.